The Morgan fingerprint density at radius 2 is 2.15 bits per heavy atom. The normalized spacial score (nSPS) is 12.0. The Hall–Kier alpha value is -2.00. The number of aromatic nitrogens is 4. The van der Waals surface area contributed by atoms with Gasteiger partial charge in [0.2, 0.25) is 0 Å². The summed E-state index contributed by atoms with van der Waals surface area (Å²) in [7, 11) is 1.95. The molecule has 150 valence electrons. The number of guanidine groups is 1. The third kappa shape index (κ3) is 6.91. The minimum atomic E-state index is 0.444. The zero-order valence-electron chi connectivity index (χ0n) is 16.9. The molecule has 9 heteroatoms. The molecule has 2 rings (SSSR count). The Labute approximate surface area is 165 Å². The van der Waals surface area contributed by atoms with Gasteiger partial charge in [-0.3, -0.25) is 0 Å². The zero-order chi connectivity index (χ0) is 19.6. The molecule has 27 heavy (non-hydrogen) atoms. The minimum absolute atomic E-state index is 0.444. The third-order valence-corrected chi connectivity index (χ3v) is 4.96. The first-order valence-electron chi connectivity index (χ1n) is 9.40. The van der Waals surface area contributed by atoms with Gasteiger partial charge in [0.15, 0.2) is 11.8 Å². The molecule has 0 aliphatic heterocycles. The molecule has 0 fully saturated rings. The maximum absolute atomic E-state index is 5.39. The van der Waals surface area contributed by atoms with E-state index >= 15 is 0 Å². The summed E-state index contributed by atoms with van der Waals surface area (Å²) in [4.78, 5) is 9.32. The molecule has 0 bridgehead atoms. The maximum atomic E-state index is 5.39. The Morgan fingerprint density at radius 3 is 2.78 bits per heavy atom. The number of hydrogen-bond acceptors (Lipinski definition) is 6. The van der Waals surface area contributed by atoms with Gasteiger partial charge in [0.1, 0.15) is 17.4 Å². The highest BCUT2D eigenvalue weighted by molar-refractivity contribution is 7.09. The lowest BCUT2D eigenvalue weighted by Gasteiger charge is -2.12. The minimum Gasteiger partial charge on any atom is -0.382 e. The van der Waals surface area contributed by atoms with Crippen LogP contribution in [0.2, 0.25) is 0 Å². The summed E-state index contributed by atoms with van der Waals surface area (Å²) < 4.78 is 7.34. The van der Waals surface area contributed by atoms with E-state index in [1.54, 1.807) is 11.3 Å². The Bertz CT molecular complexity index is 723. The van der Waals surface area contributed by atoms with Crippen molar-refractivity contribution in [1.29, 1.82) is 0 Å². The number of nitrogens with zero attached hydrogens (tertiary/aromatic N) is 5. The van der Waals surface area contributed by atoms with Gasteiger partial charge < -0.3 is 19.9 Å². The van der Waals surface area contributed by atoms with Crippen LogP contribution in [0, 0.1) is 6.92 Å². The van der Waals surface area contributed by atoms with Gasteiger partial charge in [-0.15, -0.1) is 21.5 Å². The van der Waals surface area contributed by atoms with Crippen molar-refractivity contribution in [2.24, 2.45) is 12.0 Å². The fraction of sp³-hybridized carbons (Fsp3) is 0.667. The van der Waals surface area contributed by atoms with Crippen LogP contribution in [0.1, 0.15) is 55.5 Å². The van der Waals surface area contributed by atoms with Gasteiger partial charge in [-0.2, -0.15) is 0 Å². The zero-order valence-corrected chi connectivity index (χ0v) is 17.8. The second-order valence-electron chi connectivity index (χ2n) is 6.54. The topological polar surface area (TPSA) is 89.2 Å². The molecular weight excluding hydrogens is 362 g/mol. The Morgan fingerprint density at radius 1 is 1.33 bits per heavy atom. The fourth-order valence-electron chi connectivity index (χ4n) is 2.27. The summed E-state index contributed by atoms with van der Waals surface area (Å²) in [6, 6.07) is 0. The number of ether oxygens (including phenoxy) is 1. The standard InChI is InChI=1S/C18H31N7OS/c1-6-26-9-7-8-19-18(20-10-16-24-23-14(4)25(16)5)21-11-17-22-15(12-27-17)13(2)3/h12-13H,6-11H2,1-5H3,(H2,19,20,21). The predicted octanol–water partition coefficient (Wildman–Crippen LogP) is 2.37. The van der Waals surface area contributed by atoms with Gasteiger partial charge in [-0.05, 0) is 26.2 Å². The van der Waals surface area contributed by atoms with Gasteiger partial charge in [0, 0.05) is 32.2 Å². The first-order chi connectivity index (χ1) is 13.0. The number of aliphatic imine (C=N–C) groups is 1. The highest BCUT2D eigenvalue weighted by Gasteiger charge is 2.08. The van der Waals surface area contributed by atoms with E-state index in [1.165, 1.54) is 0 Å². The van der Waals surface area contributed by atoms with Crippen molar-refractivity contribution in [2.45, 2.75) is 53.1 Å². The summed E-state index contributed by atoms with van der Waals surface area (Å²) >= 11 is 1.67. The van der Waals surface area contributed by atoms with Crippen LogP contribution in [0.4, 0.5) is 0 Å². The first kappa shape index (κ1) is 21.3. The number of thiazole rings is 1. The highest BCUT2D eigenvalue weighted by Crippen LogP contribution is 2.17. The second kappa shape index (κ2) is 11.0. The lowest BCUT2D eigenvalue weighted by molar-refractivity contribution is 0.145. The lowest BCUT2D eigenvalue weighted by atomic mass is 10.2. The summed E-state index contributed by atoms with van der Waals surface area (Å²) in [6.45, 7) is 11.6. The van der Waals surface area contributed by atoms with E-state index in [4.69, 9.17) is 4.74 Å². The van der Waals surface area contributed by atoms with Crippen LogP contribution in [0.3, 0.4) is 0 Å². The molecule has 0 saturated heterocycles. The molecular formula is C18H31N7OS. The third-order valence-electron chi connectivity index (χ3n) is 4.09. The second-order valence-corrected chi connectivity index (χ2v) is 7.48. The fourth-order valence-corrected chi connectivity index (χ4v) is 3.16. The van der Waals surface area contributed by atoms with Crippen LogP contribution in [0.5, 0.6) is 0 Å². The van der Waals surface area contributed by atoms with Crippen LogP contribution < -0.4 is 10.6 Å². The van der Waals surface area contributed by atoms with Gasteiger partial charge in [0.25, 0.3) is 0 Å². The average Bonchev–Trinajstić information content (AvgIpc) is 3.25. The van der Waals surface area contributed by atoms with E-state index in [-0.39, 0.29) is 0 Å². The summed E-state index contributed by atoms with van der Waals surface area (Å²) in [6.07, 6.45) is 0.923. The molecule has 2 N–H and O–H groups in total. The van der Waals surface area contributed by atoms with E-state index in [1.807, 2.05) is 25.5 Å². The van der Waals surface area contributed by atoms with Gasteiger partial charge >= 0.3 is 0 Å². The van der Waals surface area contributed by atoms with E-state index in [0.717, 1.165) is 54.5 Å². The molecule has 0 amide bonds. The van der Waals surface area contributed by atoms with Crippen molar-refractivity contribution in [3.05, 3.63) is 27.7 Å². The van der Waals surface area contributed by atoms with E-state index < -0.39 is 0 Å². The molecule has 0 radical (unpaired) electrons. The molecule has 0 aromatic carbocycles. The van der Waals surface area contributed by atoms with E-state index in [9.17, 15) is 0 Å². The lowest BCUT2D eigenvalue weighted by Crippen LogP contribution is -2.38. The molecule has 8 nitrogen and oxygen atoms in total. The SMILES string of the molecule is CCOCCCNC(=NCc1nnc(C)n1C)NCc1nc(C(C)C)cs1. The molecule has 2 aromatic heterocycles. The smallest absolute Gasteiger partial charge is 0.192 e. The van der Waals surface area contributed by atoms with Crippen LogP contribution >= 0.6 is 11.3 Å². The molecule has 0 spiro atoms. The van der Waals surface area contributed by atoms with Crippen LogP contribution in [0.25, 0.3) is 0 Å². The van der Waals surface area contributed by atoms with Gasteiger partial charge in [-0.1, -0.05) is 13.8 Å². The van der Waals surface area contributed by atoms with Crippen molar-refractivity contribution >= 4 is 17.3 Å². The maximum Gasteiger partial charge on any atom is 0.192 e. The Balaban J connectivity index is 1.94. The van der Waals surface area contributed by atoms with Crippen molar-refractivity contribution in [1.82, 2.24) is 30.4 Å². The molecule has 2 heterocycles. The molecule has 0 atom stereocenters. The van der Waals surface area contributed by atoms with Crippen LogP contribution in [0.15, 0.2) is 10.4 Å². The molecule has 0 aliphatic carbocycles. The quantitative estimate of drug-likeness (QED) is 0.366. The average molecular weight is 394 g/mol. The van der Waals surface area contributed by atoms with Crippen molar-refractivity contribution in [2.75, 3.05) is 19.8 Å². The van der Waals surface area contributed by atoms with E-state index in [0.29, 0.717) is 19.0 Å². The molecule has 0 aliphatic rings. The summed E-state index contributed by atoms with van der Waals surface area (Å²) in [5, 5.41) is 18.1. The largest absolute Gasteiger partial charge is 0.382 e. The monoisotopic (exact) mass is 393 g/mol. The van der Waals surface area contributed by atoms with Crippen molar-refractivity contribution < 1.29 is 4.74 Å². The molecule has 0 unspecified atom stereocenters. The predicted molar refractivity (Wildman–Crippen MR) is 109 cm³/mol. The number of rotatable bonds is 10. The van der Waals surface area contributed by atoms with Crippen LogP contribution in [-0.2, 0) is 24.9 Å². The number of hydrogen-bond donors (Lipinski definition) is 2. The van der Waals surface area contributed by atoms with E-state index in [2.05, 4.69) is 50.0 Å². The Kier molecular flexibility index (Phi) is 8.66. The first-order valence-corrected chi connectivity index (χ1v) is 10.3. The number of nitrogens with one attached hydrogen (secondary N) is 2. The molecule has 2 aromatic rings. The summed E-state index contributed by atoms with van der Waals surface area (Å²) in [5.41, 5.74) is 1.13. The molecule has 0 saturated carbocycles. The number of aryl methyl sites for hydroxylation is 1. The van der Waals surface area contributed by atoms with Gasteiger partial charge in [-0.25, -0.2) is 9.98 Å². The van der Waals surface area contributed by atoms with Gasteiger partial charge in [0.05, 0.1) is 12.2 Å². The van der Waals surface area contributed by atoms with Crippen LogP contribution in [-0.4, -0.2) is 45.5 Å². The summed E-state index contributed by atoms with van der Waals surface area (Å²) in [5.74, 6) is 2.90. The van der Waals surface area contributed by atoms with Crippen molar-refractivity contribution in [3.63, 3.8) is 0 Å². The van der Waals surface area contributed by atoms with Crippen molar-refractivity contribution in [3.8, 4) is 0 Å². The highest BCUT2D eigenvalue weighted by atomic mass is 32.1.